The largest absolute Gasteiger partial charge is 0.356 e. The molecule has 0 unspecified atom stereocenters. The normalized spacial score (nSPS) is 11.1. The van der Waals surface area contributed by atoms with Gasteiger partial charge in [0.2, 0.25) is 5.91 Å². The Morgan fingerprint density at radius 2 is 1.74 bits per heavy atom. The Hall–Kier alpha value is -3.11. The fraction of sp³-hybridized carbons (Fsp3) is 0.190. The molecular weight excluding hydrogens is 441 g/mol. The lowest BCUT2D eigenvalue weighted by Gasteiger charge is -2.06. The summed E-state index contributed by atoms with van der Waals surface area (Å²) in [6, 6.07) is 13.8. The van der Waals surface area contributed by atoms with Gasteiger partial charge in [0.15, 0.2) is 15.0 Å². The van der Waals surface area contributed by atoms with Gasteiger partial charge in [0.05, 0.1) is 28.3 Å². The maximum absolute atomic E-state index is 13.7. The first-order valence-electron chi connectivity index (χ1n) is 9.40. The number of amides is 2. The van der Waals surface area contributed by atoms with E-state index in [9.17, 15) is 22.4 Å². The summed E-state index contributed by atoms with van der Waals surface area (Å²) in [6.45, 7) is 0.214. The number of benzene rings is 2. The molecule has 0 saturated carbocycles. The van der Waals surface area contributed by atoms with E-state index in [0.717, 1.165) is 11.3 Å². The summed E-state index contributed by atoms with van der Waals surface area (Å²) in [5, 5.41) is 7.05. The highest BCUT2D eigenvalue weighted by Gasteiger charge is 2.15. The summed E-state index contributed by atoms with van der Waals surface area (Å²) in [5.74, 6) is -1.64. The first kappa shape index (κ1) is 22.6. The molecule has 1 heterocycles. The number of halogens is 1. The van der Waals surface area contributed by atoms with E-state index in [2.05, 4.69) is 15.6 Å². The SMILES string of the molecule is O=C(Cc1csc(NC(=O)c2ccccc2F)n1)NCCCS(=O)(=O)c1ccccc1. The first-order chi connectivity index (χ1) is 14.8. The second kappa shape index (κ2) is 10.3. The Labute approximate surface area is 183 Å². The predicted molar refractivity (Wildman–Crippen MR) is 116 cm³/mol. The topological polar surface area (TPSA) is 105 Å². The fourth-order valence-corrected chi connectivity index (χ4v) is 4.76. The molecular formula is C21H20FN3O4S2. The van der Waals surface area contributed by atoms with Crippen molar-refractivity contribution < 1.29 is 22.4 Å². The zero-order valence-electron chi connectivity index (χ0n) is 16.4. The van der Waals surface area contributed by atoms with Crippen LogP contribution in [0.15, 0.2) is 64.9 Å². The smallest absolute Gasteiger partial charge is 0.260 e. The van der Waals surface area contributed by atoms with E-state index in [4.69, 9.17) is 0 Å². The highest BCUT2D eigenvalue weighted by molar-refractivity contribution is 7.91. The van der Waals surface area contributed by atoms with Crippen molar-refractivity contribution in [3.8, 4) is 0 Å². The van der Waals surface area contributed by atoms with Crippen LogP contribution in [0.5, 0.6) is 0 Å². The number of carbonyl (C=O) groups is 2. The van der Waals surface area contributed by atoms with Crippen LogP contribution in [0.2, 0.25) is 0 Å². The van der Waals surface area contributed by atoms with Gasteiger partial charge in [-0.3, -0.25) is 14.9 Å². The lowest BCUT2D eigenvalue weighted by atomic mass is 10.2. The molecule has 0 aliphatic carbocycles. The van der Waals surface area contributed by atoms with Gasteiger partial charge in [0.25, 0.3) is 5.91 Å². The van der Waals surface area contributed by atoms with Crippen LogP contribution in [0.25, 0.3) is 0 Å². The van der Waals surface area contributed by atoms with Gasteiger partial charge in [-0.2, -0.15) is 0 Å². The molecule has 0 atom stereocenters. The minimum absolute atomic E-state index is 0.0164. The monoisotopic (exact) mass is 461 g/mol. The van der Waals surface area contributed by atoms with Crippen molar-refractivity contribution in [3.63, 3.8) is 0 Å². The molecule has 3 rings (SSSR count). The van der Waals surface area contributed by atoms with Crippen LogP contribution in [-0.2, 0) is 21.1 Å². The van der Waals surface area contributed by atoms with E-state index in [-0.39, 0.29) is 46.6 Å². The summed E-state index contributed by atoms with van der Waals surface area (Å²) in [4.78, 5) is 28.6. The number of aromatic nitrogens is 1. The Morgan fingerprint density at radius 3 is 2.48 bits per heavy atom. The molecule has 10 heteroatoms. The van der Waals surface area contributed by atoms with Crippen LogP contribution in [-0.4, -0.2) is 37.5 Å². The molecule has 0 radical (unpaired) electrons. The first-order valence-corrected chi connectivity index (χ1v) is 11.9. The molecule has 31 heavy (non-hydrogen) atoms. The molecule has 0 bridgehead atoms. The van der Waals surface area contributed by atoms with Gasteiger partial charge < -0.3 is 5.32 Å². The molecule has 2 N–H and O–H groups in total. The van der Waals surface area contributed by atoms with E-state index in [1.807, 2.05) is 0 Å². The Morgan fingerprint density at radius 1 is 1.03 bits per heavy atom. The van der Waals surface area contributed by atoms with Gasteiger partial charge in [-0.15, -0.1) is 11.3 Å². The van der Waals surface area contributed by atoms with Crippen molar-refractivity contribution in [3.05, 3.63) is 77.1 Å². The highest BCUT2D eigenvalue weighted by atomic mass is 32.2. The van der Waals surface area contributed by atoms with Gasteiger partial charge in [-0.1, -0.05) is 30.3 Å². The Bertz CT molecular complexity index is 1160. The number of nitrogens with one attached hydrogen (secondary N) is 2. The molecule has 2 amide bonds. The van der Waals surface area contributed by atoms with Gasteiger partial charge in [-0.25, -0.2) is 17.8 Å². The molecule has 162 valence electrons. The number of thiazole rings is 1. The quantitative estimate of drug-likeness (QED) is 0.477. The van der Waals surface area contributed by atoms with Gasteiger partial charge in [-0.05, 0) is 30.7 Å². The van der Waals surface area contributed by atoms with Crippen molar-refractivity contribution in [1.82, 2.24) is 10.3 Å². The maximum Gasteiger partial charge on any atom is 0.260 e. The summed E-state index contributed by atoms with van der Waals surface area (Å²) >= 11 is 1.12. The second-order valence-corrected chi connectivity index (χ2v) is 9.56. The van der Waals surface area contributed by atoms with Crippen molar-refractivity contribution in [2.24, 2.45) is 0 Å². The molecule has 0 saturated heterocycles. The van der Waals surface area contributed by atoms with Crippen LogP contribution in [0.3, 0.4) is 0 Å². The molecule has 0 fully saturated rings. The summed E-state index contributed by atoms with van der Waals surface area (Å²) < 4.78 is 38.1. The zero-order chi connectivity index (χ0) is 22.3. The second-order valence-electron chi connectivity index (χ2n) is 6.59. The van der Waals surface area contributed by atoms with E-state index in [1.165, 1.54) is 18.2 Å². The van der Waals surface area contributed by atoms with Crippen LogP contribution in [0.1, 0.15) is 22.5 Å². The minimum Gasteiger partial charge on any atom is -0.356 e. The Balaban J connectivity index is 1.44. The van der Waals surface area contributed by atoms with E-state index in [1.54, 1.807) is 41.8 Å². The third-order valence-electron chi connectivity index (χ3n) is 4.25. The van der Waals surface area contributed by atoms with Crippen molar-refractivity contribution in [2.45, 2.75) is 17.7 Å². The van der Waals surface area contributed by atoms with Crippen LogP contribution < -0.4 is 10.6 Å². The number of carbonyl (C=O) groups excluding carboxylic acids is 2. The van der Waals surface area contributed by atoms with Crippen LogP contribution in [0.4, 0.5) is 9.52 Å². The maximum atomic E-state index is 13.7. The number of sulfone groups is 1. The third kappa shape index (κ3) is 6.43. The molecule has 0 spiro atoms. The van der Waals surface area contributed by atoms with Gasteiger partial charge >= 0.3 is 0 Å². The number of anilines is 1. The predicted octanol–water partition coefficient (Wildman–Crippen LogP) is 3.06. The Kier molecular flexibility index (Phi) is 7.48. The standard InChI is InChI=1S/C21H20FN3O4S2/c22-18-10-5-4-9-17(18)20(27)25-21-24-15(14-30-21)13-19(26)23-11-6-12-31(28,29)16-7-2-1-3-8-16/h1-5,7-10,14H,6,11-13H2,(H,23,26)(H,24,25,27). The number of hydrogen-bond acceptors (Lipinski definition) is 6. The van der Waals surface area contributed by atoms with Crippen molar-refractivity contribution in [2.75, 3.05) is 17.6 Å². The van der Waals surface area contributed by atoms with Crippen LogP contribution in [0, 0.1) is 5.82 Å². The third-order valence-corrected chi connectivity index (χ3v) is 6.87. The molecule has 3 aromatic rings. The van der Waals surface area contributed by atoms with E-state index >= 15 is 0 Å². The molecule has 2 aromatic carbocycles. The fourth-order valence-electron chi connectivity index (χ4n) is 2.72. The summed E-state index contributed by atoms with van der Waals surface area (Å²) in [7, 11) is -3.38. The van der Waals surface area contributed by atoms with Crippen LogP contribution >= 0.6 is 11.3 Å². The number of nitrogens with zero attached hydrogens (tertiary/aromatic N) is 1. The number of rotatable bonds is 9. The lowest BCUT2D eigenvalue weighted by Crippen LogP contribution is -2.27. The van der Waals surface area contributed by atoms with Gasteiger partial charge in [0.1, 0.15) is 5.82 Å². The summed E-state index contributed by atoms with van der Waals surface area (Å²) in [6.07, 6.45) is 0.265. The lowest BCUT2D eigenvalue weighted by molar-refractivity contribution is -0.120. The minimum atomic E-state index is -3.38. The molecule has 0 aliphatic rings. The summed E-state index contributed by atoms with van der Waals surface area (Å²) in [5.41, 5.74) is 0.352. The van der Waals surface area contributed by atoms with Gasteiger partial charge in [0, 0.05) is 11.9 Å². The van der Waals surface area contributed by atoms with E-state index in [0.29, 0.717) is 5.69 Å². The number of hydrogen-bond donors (Lipinski definition) is 2. The average Bonchev–Trinajstić information content (AvgIpc) is 3.18. The van der Waals surface area contributed by atoms with Crippen molar-refractivity contribution in [1.29, 1.82) is 0 Å². The highest BCUT2D eigenvalue weighted by Crippen LogP contribution is 2.18. The molecule has 1 aromatic heterocycles. The zero-order valence-corrected chi connectivity index (χ0v) is 18.0. The average molecular weight is 462 g/mol. The van der Waals surface area contributed by atoms with E-state index < -0.39 is 21.6 Å². The van der Waals surface area contributed by atoms with Crippen molar-refractivity contribution >= 4 is 38.1 Å². The molecule has 0 aliphatic heterocycles. The molecule has 7 nitrogen and oxygen atoms in total.